The normalized spacial score (nSPS) is 19.2. The second kappa shape index (κ2) is 5.85. The Hall–Kier alpha value is 2.10. The van der Waals surface area contributed by atoms with Crippen LogP contribution in [0.15, 0.2) is 0 Å². The first-order valence-corrected chi connectivity index (χ1v) is 8.79. The summed E-state index contributed by atoms with van der Waals surface area (Å²) in [7, 11) is 0. The molecule has 0 atom stereocenters. The maximum Gasteiger partial charge on any atom is 0.0809 e. The zero-order chi connectivity index (χ0) is 9.03. The first-order chi connectivity index (χ1) is 5.73. The van der Waals surface area contributed by atoms with E-state index in [0.717, 1.165) is 14.8 Å². The molecule has 12 heavy (non-hydrogen) atoms. The van der Waals surface area contributed by atoms with Crippen LogP contribution in [0.4, 0.5) is 0 Å². The lowest BCUT2D eigenvalue weighted by molar-refractivity contribution is 1.000. The van der Waals surface area contributed by atoms with Gasteiger partial charge in [0.05, 0.1) is 8.66 Å². The Labute approximate surface area is 102 Å². The summed E-state index contributed by atoms with van der Waals surface area (Å²) in [6, 6.07) is 0. The zero-order valence-corrected chi connectivity index (χ0v) is 11.8. The van der Waals surface area contributed by atoms with E-state index in [0.29, 0.717) is 4.08 Å². The van der Waals surface area contributed by atoms with Crippen molar-refractivity contribution in [3.63, 3.8) is 0 Å². The summed E-state index contributed by atoms with van der Waals surface area (Å²) in [5, 5.41) is 3.05. The smallest absolute Gasteiger partial charge is 0.0809 e. The highest BCUT2D eigenvalue weighted by Crippen LogP contribution is 2.55. The minimum absolute atomic E-state index is 0.303. The third kappa shape index (κ3) is 3.05. The van der Waals surface area contributed by atoms with Crippen LogP contribution in [0, 0.1) is 0 Å². The topological polar surface area (TPSA) is 0 Å². The highest BCUT2D eigenvalue weighted by atomic mass is 32.3. The number of thioether (sulfide) groups is 4. The Bertz CT molecular complexity index is 128. The summed E-state index contributed by atoms with van der Waals surface area (Å²) in [4.78, 5) is 0. The molecule has 0 bridgehead atoms. The molecule has 0 aliphatic carbocycles. The van der Waals surface area contributed by atoms with Crippen molar-refractivity contribution in [2.24, 2.45) is 0 Å². The van der Waals surface area contributed by atoms with E-state index in [1.807, 2.05) is 47.0 Å². The number of rotatable bonds is 5. The van der Waals surface area contributed by atoms with E-state index in [1.54, 1.807) is 0 Å². The van der Waals surface area contributed by atoms with Gasteiger partial charge in [-0.25, -0.2) is 0 Å². The number of hydrogen-bond acceptors (Lipinski definition) is 6. The Morgan fingerprint density at radius 2 is 1.83 bits per heavy atom. The quantitative estimate of drug-likeness (QED) is 0.580. The SMILES string of the molecule is CC(SCS)(SCS)C1SCS1. The molecule has 1 saturated heterocycles. The van der Waals surface area contributed by atoms with Gasteiger partial charge >= 0.3 is 0 Å². The van der Waals surface area contributed by atoms with E-state index >= 15 is 0 Å². The van der Waals surface area contributed by atoms with Gasteiger partial charge in [-0.2, -0.15) is 25.3 Å². The molecule has 1 fully saturated rings. The van der Waals surface area contributed by atoms with Crippen LogP contribution in [-0.2, 0) is 0 Å². The molecule has 0 unspecified atom stereocenters. The zero-order valence-electron chi connectivity index (χ0n) is 6.73. The van der Waals surface area contributed by atoms with Crippen molar-refractivity contribution in [1.29, 1.82) is 0 Å². The molecule has 0 aromatic carbocycles. The van der Waals surface area contributed by atoms with Crippen molar-refractivity contribution in [2.45, 2.75) is 15.6 Å². The van der Waals surface area contributed by atoms with Crippen molar-refractivity contribution in [1.82, 2.24) is 0 Å². The molecule has 1 rings (SSSR count). The van der Waals surface area contributed by atoms with E-state index < -0.39 is 0 Å². The van der Waals surface area contributed by atoms with Gasteiger partial charge in [-0.3, -0.25) is 0 Å². The van der Waals surface area contributed by atoms with Crippen LogP contribution in [0.3, 0.4) is 0 Å². The van der Waals surface area contributed by atoms with Crippen molar-refractivity contribution < 1.29 is 0 Å². The molecular weight excluding hydrogens is 264 g/mol. The molecule has 0 spiro atoms. The first kappa shape index (κ1) is 12.2. The van der Waals surface area contributed by atoms with Crippen LogP contribution in [0.25, 0.3) is 0 Å². The summed E-state index contributed by atoms with van der Waals surface area (Å²) < 4.78 is 1.03. The van der Waals surface area contributed by atoms with Gasteiger partial charge < -0.3 is 0 Å². The van der Waals surface area contributed by atoms with Crippen molar-refractivity contribution >= 4 is 72.3 Å². The summed E-state index contributed by atoms with van der Waals surface area (Å²) in [5.41, 5.74) is 0. The molecule has 0 saturated carbocycles. The van der Waals surface area contributed by atoms with E-state index in [1.165, 1.54) is 5.08 Å². The lowest BCUT2D eigenvalue weighted by atomic mass is 10.5. The molecule has 0 N–H and O–H groups in total. The average Bonchev–Trinajstić information content (AvgIpc) is 1.82. The lowest BCUT2D eigenvalue weighted by Crippen LogP contribution is -2.32. The van der Waals surface area contributed by atoms with Crippen LogP contribution in [0.5, 0.6) is 0 Å². The molecule has 0 aromatic heterocycles. The molecule has 72 valence electrons. The monoisotopic (exact) mass is 276 g/mol. The minimum Gasteiger partial charge on any atom is -0.168 e. The molecular formula is C6H12S6. The van der Waals surface area contributed by atoms with Gasteiger partial charge in [-0.05, 0) is 6.92 Å². The lowest BCUT2D eigenvalue weighted by Gasteiger charge is -2.40. The fourth-order valence-corrected chi connectivity index (χ4v) is 7.80. The van der Waals surface area contributed by atoms with E-state index in [9.17, 15) is 0 Å². The summed E-state index contributed by atoms with van der Waals surface area (Å²) in [6.07, 6.45) is 0. The van der Waals surface area contributed by atoms with Gasteiger partial charge in [0.1, 0.15) is 0 Å². The number of thiol groups is 2. The Morgan fingerprint density at radius 3 is 2.08 bits per heavy atom. The average molecular weight is 277 g/mol. The molecule has 1 aliphatic heterocycles. The standard InChI is InChI=1S/C6H12S6/c1-6(11-2-7,12-3-8)5-9-4-10-5/h5,7-8H,2-4H2,1H3. The van der Waals surface area contributed by atoms with Crippen LogP contribution >= 0.6 is 72.3 Å². The third-order valence-corrected chi connectivity index (χ3v) is 8.98. The van der Waals surface area contributed by atoms with Gasteiger partial charge in [0.25, 0.3) is 0 Å². The van der Waals surface area contributed by atoms with Crippen molar-refractivity contribution in [3.8, 4) is 0 Å². The van der Waals surface area contributed by atoms with Gasteiger partial charge in [-0.15, -0.1) is 47.0 Å². The highest BCUT2D eigenvalue weighted by molar-refractivity contribution is 8.35. The molecule has 0 nitrogen and oxygen atoms in total. The van der Waals surface area contributed by atoms with Gasteiger partial charge in [0, 0.05) is 15.3 Å². The first-order valence-electron chi connectivity index (χ1n) is 3.46. The van der Waals surface area contributed by atoms with E-state index in [4.69, 9.17) is 0 Å². The second-order valence-electron chi connectivity index (χ2n) is 2.35. The molecule has 1 heterocycles. The van der Waals surface area contributed by atoms with Crippen LogP contribution in [-0.4, -0.2) is 23.9 Å². The number of hydrogen-bond donors (Lipinski definition) is 2. The molecule has 1 aliphatic rings. The van der Waals surface area contributed by atoms with Gasteiger partial charge in [-0.1, -0.05) is 0 Å². The van der Waals surface area contributed by atoms with Crippen LogP contribution in [0.2, 0.25) is 0 Å². The Morgan fingerprint density at radius 1 is 1.33 bits per heavy atom. The molecule has 0 aromatic rings. The van der Waals surface area contributed by atoms with E-state index in [2.05, 4.69) is 32.2 Å². The minimum atomic E-state index is 0.303. The fraction of sp³-hybridized carbons (Fsp3) is 1.00. The summed E-state index contributed by atoms with van der Waals surface area (Å²) >= 11 is 16.5. The molecule has 0 radical (unpaired) electrons. The van der Waals surface area contributed by atoms with E-state index in [-0.39, 0.29) is 0 Å². The van der Waals surface area contributed by atoms with Gasteiger partial charge in [0.2, 0.25) is 0 Å². The van der Waals surface area contributed by atoms with Crippen molar-refractivity contribution in [2.75, 3.05) is 15.3 Å². The molecule has 6 heteroatoms. The van der Waals surface area contributed by atoms with Crippen LogP contribution < -0.4 is 0 Å². The predicted octanol–water partition coefficient (Wildman–Crippen LogP) is 3.71. The third-order valence-electron chi connectivity index (χ3n) is 1.57. The second-order valence-corrected chi connectivity index (χ2v) is 9.79. The Balaban J connectivity index is 2.44. The largest absolute Gasteiger partial charge is 0.168 e. The summed E-state index contributed by atoms with van der Waals surface area (Å²) in [5.74, 6) is 0. The van der Waals surface area contributed by atoms with Crippen LogP contribution in [0.1, 0.15) is 6.92 Å². The maximum atomic E-state index is 4.27. The summed E-state index contributed by atoms with van der Waals surface area (Å²) in [6.45, 7) is 2.30. The van der Waals surface area contributed by atoms with Crippen molar-refractivity contribution in [3.05, 3.63) is 0 Å². The fourth-order valence-electron chi connectivity index (χ4n) is 0.873. The predicted molar refractivity (Wildman–Crippen MR) is 75.1 cm³/mol. The molecule has 0 amide bonds. The maximum absolute atomic E-state index is 4.27. The van der Waals surface area contributed by atoms with Gasteiger partial charge in [0.15, 0.2) is 0 Å². The Kier molecular flexibility index (Phi) is 5.94. The highest BCUT2D eigenvalue weighted by Gasteiger charge is 2.39.